The molecule has 7 nitrogen and oxygen atoms in total. The lowest BCUT2D eigenvalue weighted by molar-refractivity contribution is 0.0649. The van der Waals surface area contributed by atoms with Gasteiger partial charge in [-0.15, -0.1) is 29.9 Å². The van der Waals surface area contributed by atoms with Crippen LogP contribution in [0.25, 0.3) is 16.6 Å². The summed E-state index contributed by atoms with van der Waals surface area (Å²) < 4.78 is 1.73. The van der Waals surface area contributed by atoms with E-state index in [-0.39, 0.29) is 36.8 Å². The van der Waals surface area contributed by atoms with Crippen molar-refractivity contribution in [2.45, 2.75) is 19.9 Å². The minimum absolute atomic E-state index is 0. The maximum absolute atomic E-state index is 12.9. The molecule has 1 aliphatic heterocycles. The number of benzene rings is 1. The fourth-order valence-electron chi connectivity index (χ4n) is 3.31. The largest absolute Gasteiger partial charge is 0.332 e. The third kappa shape index (κ3) is 3.76. The van der Waals surface area contributed by atoms with Crippen LogP contribution in [0.1, 0.15) is 23.1 Å². The number of halogens is 2. The van der Waals surface area contributed by atoms with E-state index in [9.17, 15) is 4.79 Å². The number of rotatable bonds is 2. The number of fused-ring (bicyclic) bond motifs is 1. The average Bonchev–Trinajstić information content (AvgIpc) is 3.02. The molecule has 1 atom stereocenters. The fraction of sp³-hybridized carbons (Fsp3) is 0.333. The van der Waals surface area contributed by atoms with Crippen molar-refractivity contribution in [3.63, 3.8) is 0 Å². The van der Waals surface area contributed by atoms with Crippen molar-refractivity contribution in [2.24, 2.45) is 0 Å². The van der Waals surface area contributed by atoms with Crippen molar-refractivity contribution in [3.05, 3.63) is 47.9 Å². The molecule has 1 fully saturated rings. The standard InChI is InChI=1S/C18H20N6O.2ClH/c1-12-11-19-9-10-23(12)18(25)17-13(2)24(22-21-17)16-7-3-6-15-14(16)5-4-8-20-15;;/h3-8,12,19H,9-11H2,1-2H3;2*1H/t12-;;/m1../s1. The number of aromatic nitrogens is 4. The quantitative estimate of drug-likeness (QED) is 0.704. The smallest absolute Gasteiger partial charge is 0.276 e. The fourth-order valence-corrected chi connectivity index (χ4v) is 3.31. The molecular formula is C18H22Cl2N6O. The van der Waals surface area contributed by atoms with Crippen LogP contribution in [-0.2, 0) is 0 Å². The minimum Gasteiger partial charge on any atom is -0.332 e. The first-order valence-corrected chi connectivity index (χ1v) is 8.45. The molecule has 1 aliphatic rings. The van der Waals surface area contributed by atoms with Crippen LogP contribution in [0.4, 0.5) is 0 Å². The first-order valence-electron chi connectivity index (χ1n) is 8.45. The van der Waals surface area contributed by atoms with Crippen LogP contribution in [0.3, 0.4) is 0 Å². The Balaban J connectivity index is 0.00000131. The molecule has 1 aromatic carbocycles. The van der Waals surface area contributed by atoms with Gasteiger partial charge in [0.1, 0.15) is 0 Å². The summed E-state index contributed by atoms with van der Waals surface area (Å²) in [4.78, 5) is 19.2. The van der Waals surface area contributed by atoms with Gasteiger partial charge in [0.15, 0.2) is 5.69 Å². The molecule has 2 aromatic heterocycles. The van der Waals surface area contributed by atoms with E-state index in [1.165, 1.54) is 0 Å². The first-order chi connectivity index (χ1) is 12.2. The molecule has 3 heterocycles. The van der Waals surface area contributed by atoms with Crippen molar-refractivity contribution < 1.29 is 4.79 Å². The Hall–Kier alpha value is -2.22. The lowest BCUT2D eigenvalue weighted by Crippen LogP contribution is -2.52. The number of hydrogen-bond acceptors (Lipinski definition) is 5. The Bertz CT molecular complexity index is 939. The van der Waals surface area contributed by atoms with Crippen molar-refractivity contribution in [1.29, 1.82) is 0 Å². The van der Waals surface area contributed by atoms with Crippen molar-refractivity contribution >= 4 is 41.6 Å². The number of carbonyl (C=O) groups excluding carboxylic acids is 1. The van der Waals surface area contributed by atoms with Crippen LogP contribution in [0.2, 0.25) is 0 Å². The SMILES string of the molecule is Cc1c(C(=O)N2CCNC[C@H]2C)nnn1-c1cccc2ncccc12.Cl.Cl. The Morgan fingerprint density at radius 3 is 2.81 bits per heavy atom. The van der Waals surface area contributed by atoms with E-state index in [1.54, 1.807) is 10.9 Å². The zero-order valence-corrected chi connectivity index (χ0v) is 16.8. The van der Waals surface area contributed by atoms with Gasteiger partial charge in [-0.2, -0.15) is 0 Å². The number of hydrogen-bond donors (Lipinski definition) is 1. The number of piperazine rings is 1. The lowest BCUT2D eigenvalue weighted by atomic mass is 10.1. The highest BCUT2D eigenvalue weighted by Gasteiger charge is 2.28. The summed E-state index contributed by atoms with van der Waals surface area (Å²) in [7, 11) is 0. The number of pyridine rings is 1. The van der Waals surface area contributed by atoms with Gasteiger partial charge in [0, 0.05) is 37.3 Å². The molecule has 0 bridgehead atoms. The van der Waals surface area contributed by atoms with E-state index in [2.05, 4.69) is 20.6 Å². The first kappa shape index (κ1) is 21.1. The molecule has 27 heavy (non-hydrogen) atoms. The molecule has 0 aliphatic carbocycles. The molecule has 0 spiro atoms. The topological polar surface area (TPSA) is 75.9 Å². The van der Waals surface area contributed by atoms with Gasteiger partial charge in [0.25, 0.3) is 5.91 Å². The molecule has 4 rings (SSSR count). The summed E-state index contributed by atoms with van der Waals surface area (Å²) in [5, 5.41) is 12.7. The summed E-state index contributed by atoms with van der Waals surface area (Å²) in [6.07, 6.45) is 1.76. The van der Waals surface area contributed by atoms with Gasteiger partial charge in [0.2, 0.25) is 0 Å². The van der Waals surface area contributed by atoms with E-state index in [0.717, 1.165) is 35.4 Å². The number of nitrogens with zero attached hydrogens (tertiary/aromatic N) is 5. The van der Waals surface area contributed by atoms with Crippen LogP contribution in [0.5, 0.6) is 0 Å². The minimum atomic E-state index is -0.0592. The Kier molecular flexibility index (Phi) is 6.75. The van der Waals surface area contributed by atoms with Gasteiger partial charge < -0.3 is 10.2 Å². The Morgan fingerprint density at radius 2 is 2.04 bits per heavy atom. The third-order valence-corrected chi connectivity index (χ3v) is 4.71. The third-order valence-electron chi connectivity index (χ3n) is 4.71. The van der Waals surface area contributed by atoms with Crippen molar-refractivity contribution in [2.75, 3.05) is 19.6 Å². The lowest BCUT2D eigenvalue weighted by Gasteiger charge is -2.33. The predicted molar refractivity (Wildman–Crippen MR) is 109 cm³/mol. The molecular weight excluding hydrogens is 387 g/mol. The van der Waals surface area contributed by atoms with Crippen molar-refractivity contribution in [3.8, 4) is 5.69 Å². The average molecular weight is 409 g/mol. The van der Waals surface area contributed by atoms with Gasteiger partial charge in [0.05, 0.1) is 16.9 Å². The molecule has 0 radical (unpaired) electrons. The highest BCUT2D eigenvalue weighted by molar-refractivity contribution is 5.94. The van der Waals surface area contributed by atoms with Gasteiger partial charge >= 0.3 is 0 Å². The van der Waals surface area contributed by atoms with E-state index >= 15 is 0 Å². The predicted octanol–water partition coefficient (Wildman–Crippen LogP) is 2.40. The second-order valence-corrected chi connectivity index (χ2v) is 6.33. The molecule has 9 heteroatoms. The molecule has 0 saturated carbocycles. The van der Waals surface area contributed by atoms with Crippen LogP contribution in [-0.4, -0.2) is 56.5 Å². The van der Waals surface area contributed by atoms with Gasteiger partial charge in [-0.25, -0.2) is 4.68 Å². The molecule has 1 N–H and O–H groups in total. The highest BCUT2D eigenvalue weighted by atomic mass is 35.5. The van der Waals surface area contributed by atoms with E-state index in [4.69, 9.17) is 0 Å². The zero-order valence-electron chi connectivity index (χ0n) is 15.1. The second kappa shape index (κ2) is 8.65. The summed E-state index contributed by atoms with van der Waals surface area (Å²) in [6.45, 7) is 6.21. The van der Waals surface area contributed by atoms with Crippen LogP contribution >= 0.6 is 24.8 Å². The normalized spacial score (nSPS) is 16.5. The van der Waals surface area contributed by atoms with Crippen LogP contribution in [0.15, 0.2) is 36.5 Å². The Morgan fingerprint density at radius 1 is 1.22 bits per heavy atom. The van der Waals surface area contributed by atoms with Crippen molar-refractivity contribution in [1.82, 2.24) is 30.2 Å². The molecule has 144 valence electrons. The zero-order chi connectivity index (χ0) is 17.4. The summed E-state index contributed by atoms with van der Waals surface area (Å²) >= 11 is 0. The maximum Gasteiger partial charge on any atom is 0.276 e. The second-order valence-electron chi connectivity index (χ2n) is 6.33. The van der Waals surface area contributed by atoms with Crippen LogP contribution < -0.4 is 5.32 Å². The summed E-state index contributed by atoms with van der Waals surface area (Å²) in [5.74, 6) is -0.0592. The van der Waals surface area contributed by atoms with Crippen LogP contribution in [0, 0.1) is 6.92 Å². The number of nitrogens with one attached hydrogen (secondary N) is 1. The molecule has 0 unspecified atom stereocenters. The highest BCUT2D eigenvalue weighted by Crippen LogP contribution is 2.22. The van der Waals surface area contributed by atoms with E-state index in [0.29, 0.717) is 12.2 Å². The molecule has 1 saturated heterocycles. The number of amides is 1. The van der Waals surface area contributed by atoms with Gasteiger partial charge in [-0.05, 0) is 38.1 Å². The van der Waals surface area contributed by atoms with E-state index in [1.807, 2.05) is 49.1 Å². The maximum atomic E-state index is 12.9. The molecule has 3 aromatic rings. The van der Waals surface area contributed by atoms with E-state index < -0.39 is 0 Å². The monoisotopic (exact) mass is 408 g/mol. The Labute approximate surface area is 170 Å². The van der Waals surface area contributed by atoms with Gasteiger partial charge in [-0.1, -0.05) is 11.3 Å². The summed E-state index contributed by atoms with van der Waals surface area (Å²) in [5.41, 5.74) is 2.92. The molecule has 1 amide bonds. The summed E-state index contributed by atoms with van der Waals surface area (Å²) in [6, 6.07) is 9.90. The number of carbonyl (C=O) groups is 1. The van der Waals surface area contributed by atoms with Gasteiger partial charge in [-0.3, -0.25) is 9.78 Å².